The number of aliphatic imine (C=N–C) groups is 1. The number of ether oxygens (including phenoxy) is 3. The maximum atomic E-state index is 5.44. The number of hydrogen-bond donors (Lipinski definition) is 2. The lowest BCUT2D eigenvalue weighted by molar-refractivity contribution is 0.200. The zero-order valence-corrected chi connectivity index (χ0v) is 22.2. The minimum atomic E-state index is 0. The standard InChI is InChI=1S/C22H40N4O3.HI/c1-9-17(10-2)18(26(4)5)15-25-22(23-11-3)24-14-16-12-19(27-6)21(29-8)20(13-16)28-7;/h12-13,17-18H,9-11,14-15H2,1-8H3,(H2,23,24,25);1H. The van der Waals surface area contributed by atoms with Crippen molar-refractivity contribution in [3.8, 4) is 17.2 Å². The number of methoxy groups -OCH3 is 3. The number of benzene rings is 1. The predicted molar refractivity (Wildman–Crippen MR) is 136 cm³/mol. The van der Waals surface area contributed by atoms with Crippen molar-refractivity contribution < 1.29 is 14.2 Å². The lowest BCUT2D eigenvalue weighted by atomic mass is 9.93. The third-order valence-electron chi connectivity index (χ3n) is 5.22. The predicted octanol–water partition coefficient (Wildman–Crippen LogP) is 3.75. The minimum Gasteiger partial charge on any atom is -0.493 e. The summed E-state index contributed by atoms with van der Waals surface area (Å²) in [5.41, 5.74) is 0.987. The molecule has 0 saturated carbocycles. The van der Waals surface area contributed by atoms with Crippen LogP contribution in [0.1, 0.15) is 39.2 Å². The molecule has 1 atom stereocenters. The van der Waals surface area contributed by atoms with E-state index in [0.717, 1.165) is 24.6 Å². The first-order chi connectivity index (χ1) is 13.9. The van der Waals surface area contributed by atoms with Gasteiger partial charge in [-0.2, -0.15) is 0 Å². The van der Waals surface area contributed by atoms with Gasteiger partial charge in [-0.15, -0.1) is 24.0 Å². The van der Waals surface area contributed by atoms with E-state index >= 15 is 0 Å². The molecule has 1 rings (SSSR count). The van der Waals surface area contributed by atoms with E-state index in [-0.39, 0.29) is 24.0 Å². The molecule has 1 unspecified atom stereocenters. The molecule has 0 heterocycles. The smallest absolute Gasteiger partial charge is 0.203 e. The molecule has 0 fully saturated rings. The van der Waals surface area contributed by atoms with Crippen molar-refractivity contribution in [1.82, 2.24) is 15.5 Å². The zero-order valence-electron chi connectivity index (χ0n) is 19.9. The SMILES string of the molecule is CCNC(=NCc1cc(OC)c(OC)c(OC)c1)NCC(C(CC)CC)N(C)C.I. The molecule has 7 nitrogen and oxygen atoms in total. The van der Waals surface area contributed by atoms with E-state index in [1.54, 1.807) is 21.3 Å². The summed E-state index contributed by atoms with van der Waals surface area (Å²) in [7, 11) is 9.13. The second kappa shape index (κ2) is 15.4. The molecule has 0 aliphatic heterocycles. The van der Waals surface area contributed by atoms with Gasteiger partial charge in [-0.3, -0.25) is 0 Å². The summed E-state index contributed by atoms with van der Waals surface area (Å²) >= 11 is 0. The van der Waals surface area contributed by atoms with Crippen molar-refractivity contribution in [2.24, 2.45) is 10.9 Å². The summed E-state index contributed by atoms with van der Waals surface area (Å²) in [6.45, 7) is 8.74. The van der Waals surface area contributed by atoms with Crippen LogP contribution in [-0.2, 0) is 6.54 Å². The topological polar surface area (TPSA) is 67.4 Å². The van der Waals surface area contributed by atoms with Crippen molar-refractivity contribution in [1.29, 1.82) is 0 Å². The maximum Gasteiger partial charge on any atom is 0.203 e. The number of nitrogens with zero attached hydrogens (tertiary/aromatic N) is 2. The minimum absolute atomic E-state index is 0. The molecular weight excluding hydrogens is 495 g/mol. The fourth-order valence-electron chi connectivity index (χ4n) is 3.54. The van der Waals surface area contributed by atoms with E-state index in [1.807, 2.05) is 12.1 Å². The molecule has 1 aromatic carbocycles. The van der Waals surface area contributed by atoms with Gasteiger partial charge in [0.05, 0.1) is 27.9 Å². The van der Waals surface area contributed by atoms with Gasteiger partial charge in [-0.25, -0.2) is 4.99 Å². The van der Waals surface area contributed by atoms with Crippen molar-refractivity contribution in [3.63, 3.8) is 0 Å². The second-order valence-corrected chi connectivity index (χ2v) is 7.22. The molecule has 30 heavy (non-hydrogen) atoms. The quantitative estimate of drug-likeness (QED) is 0.241. The van der Waals surface area contributed by atoms with Crippen LogP contribution in [0, 0.1) is 5.92 Å². The Kier molecular flexibility index (Phi) is 14.7. The lowest BCUT2D eigenvalue weighted by Crippen LogP contribution is -2.48. The molecule has 174 valence electrons. The van der Waals surface area contributed by atoms with Gasteiger partial charge >= 0.3 is 0 Å². The fraction of sp³-hybridized carbons (Fsp3) is 0.682. The van der Waals surface area contributed by atoms with Crippen LogP contribution in [-0.4, -0.2) is 65.4 Å². The monoisotopic (exact) mass is 536 g/mol. The summed E-state index contributed by atoms with van der Waals surface area (Å²) in [5, 5.41) is 6.85. The van der Waals surface area contributed by atoms with Crippen LogP contribution in [0.15, 0.2) is 17.1 Å². The van der Waals surface area contributed by atoms with Gasteiger partial charge in [0.25, 0.3) is 0 Å². The van der Waals surface area contributed by atoms with Gasteiger partial charge in [0.1, 0.15) is 0 Å². The van der Waals surface area contributed by atoms with Gasteiger partial charge in [-0.1, -0.05) is 26.7 Å². The highest BCUT2D eigenvalue weighted by atomic mass is 127. The Morgan fingerprint density at radius 1 is 0.967 bits per heavy atom. The van der Waals surface area contributed by atoms with Crippen LogP contribution in [0.3, 0.4) is 0 Å². The summed E-state index contributed by atoms with van der Waals surface area (Å²) in [6, 6.07) is 4.32. The third kappa shape index (κ3) is 8.37. The van der Waals surface area contributed by atoms with Crippen LogP contribution in [0.5, 0.6) is 17.2 Å². The number of hydrogen-bond acceptors (Lipinski definition) is 5. The van der Waals surface area contributed by atoms with Crippen molar-refractivity contribution >= 4 is 29.9 Å². The first-order valence-electron chi connectivity index (χ1n) is 10.4. The molecule has 0 spiro atoms. The normalized spacial score (nSPS) is 12.4. The Hall–Kier alpha value is -1.42. The molecule has 0 aliphatic rings. The average molecular weight is 536 g/mol. The Morgan fingerprint density at radius 3 is 1.93 bits per heavy atom. The van der Waals surface area contributed by atoms with Gasteiger partial charge in [0.15, 0.2) is 17.5 Å². The maximum absolute atomic E-state index is 5.44. The van der Waals surface area contributed by atoms with E-state index in [9.17, 15) is 0 Å². The summed E-state index contributed by atoms with van der Waals surface area (Å²) in [5.74, 6) is 3.31. The molecule has 0 aromatic heterocycles. The van der Waals surface area contributed by atoms with E-state index in [2.05, 4.69) is 50.4 Å². The Labute approximate surface area is 200 Å². The lowest BCUT2D eigenvalue weighted by Gasteiger charge is -2.32. The van der Waals surface area contributed by atoms with Gasteiger partial charge in [-0.05, 0) is 44.6 Å². The fourth-order valence-corrected chi connectivity index (χ4v) is 3.54. The second-order valence-electron chi connectivity index (χ2n) is 7.22. The Bertz CT molecular complexity index is 612. The van der Waals surface area contributed by atoms with Crippen molar-refractivity contribution in [2.45, 2.75) is 46.2 Å². The number of nitrogens with one attached hydrogen (secondary N) is 2. The Morgan fingerprint density at radius 2 is 1.53 bits per heavy atom. The first-order valence-corrected chi connectivity index (χ1v) is 10.4. The highest BCUT2D eigenvalue weighted by molar-refractivity contribution is 14.0. The average Bonchev–Trinajstić information content (AvgIpc) is 2.73. The molecule has 0 bridgehead atoms. The van der Waals surface area contributed by atoms with Gasteiger partial charge in [0.2, 0.25) is 5.75 Å². The molecule has 0 aliphatic carbocycles. The van der Waals surface area contributed by atoms with Crippen molar-refractivity contribution in [3.05, 3.63) is 17.7 Å². The van der Waals surface area contributed by atoms with Crippen LogP contribution in [0.4, 0.5) is 0 Å². The summed E-state index contributed by atoms with van der Waals surface area (Å²) < 4.78 is 16.3. The highest BCUT2D eigenvalue weighted by Gasteiger charge is 2.21. The molecule has 8 heteroatoms. The highest BCUT2D eigenvalue weighted by Crippen LogP contribution is 2.38. The largest absolute Gasteiger partial charge is 0.493 e. The molecule has 0 amide bonds. The number of guanidine groups is 1. The number of halogens is 1. The molecule has 2 N–H and O–H groups in total. The molecular formula is C22H41IN4O3. The number of likely N-dealkylation sites (N-methyl/N-ethyl adjacent to an activating group) is 1. The van der Waals surface area contributed by atoms with E-state index in [4.69, 9.17) is 19.2 Å². The summed E-state index contributed by atoms with van der Waals surface area (Å²) in [4.78, 5) is 7.06. The van der Waals surface area contributed by atoms with Gasteiger partial charge < -0.3 is 29.7 Å². The van der Waals surface area contributed by atoms with Crippen LogP contribution in [0.25, 0.3) is 0 Å². The molecule has 0 saturated heterocycles. The van der Waals surface area contributed by atoms with E-state index < -0.39 is 0 Å². The molecule has 0 radical (unpaired) electrons. The van der Waals surface area contributed by atoms with Crippen LogP contribution in [0.2, 0.25) is 0 Å². The molecule has 1 aromatic rings. The van der Waals surface area contributed by atoms with Crippen LogP contribution >= 0.6 is 24.0 Å². The van der Waals surface area contributed by atoms with Crippen LogP contribution < -0.4 is 24.8 Å². The zero-order chi connectivity index (χ0) is 21.8. The van der Waals surface area contributed by atoms with Gasteiger partial charge in [0, 0.05) is 19.1 Å². The Balaban J connectivity index is 0.00000841. The first kappa shape index (κ1) is 28.6. The third-order valence-corrected chi connectivity index (χ3v) is 5.22. The van der Waals surface area contributed by atoms with E-state index in [0.29, 0.717) is 35.8 Å². The van der Waals surface area contributed by atoms with Crippen molar-refractivity contribution in [2.75, 3.05) is 48.5 Å². The van der Waals surface area contributed by atoms with E-state index in [1.165, 1.54) is 12.8 Å². The number of rotatable bonds is 12. The summed E-state index contributed by atoms with van der Waals surface area (Å²) in [6.07, 6.45) is 2.33.